The molecule has 0 radical (unpaired) electrons. The van der Waals surface area contributed by atoms with Crippen LogP contribution in [0.1, 0.15) is 11.1 Å². The second kappa shape index (κ2) is 6.99. The van der Waals surface area contributed by atoms with E-state index in [9.17, 15) is 4.79 Å². The van der Waals surface area contributed by atoms with Crippen LogP contribution in [0.3, 0.4) is 0 Å². The Balaban J connectivity index is 0.000000286. The Morgan fingerprint density at radius 3 is 2.35 bits per heavy atom. The SMILES string of the molecule is COC1(OC)NC(=N)c2ccccc21.COCC(=O)O. The Labute approximate surface area is 117 Å². The van der Waals surface area contributed by atoms with E-state index < -0.39 is 11.9 Å². The largest absolute Gasteiger partial charge is 0.480 e. The topological polar surface area (TPSA) is 101 Å². The number of amidine groups is 1. The molecule has 7 heteroatoms. The monoisotopic (exact) mass is 282 g/mol. The molecular weight excluding hydrogens is 264 g/mol. The normalized spacial score (nSPS) is 14.8. The van der Waals surface area contributed by atoms with Crippen molar-refractivity contribution >= 4 is 11.8 Å². The zero-order valence-electron chi connectivity index (χ0n) is 11.6. The lowest BCUT2D eigenvalue weighted by Gasteiger charge is -2.26. The summed E-state index contributed by atoms with van der Waals surface area (Å²) in [6, 6.07) is 7.53. The van der Waals surface area contributed by atoms with Crippen molar-refractivity contribution in [3.63, 3.8) is 0 Å². The predicted octanol–water partition coefficient (Wildman–Crippen LogP) is 0.736. The number of hydrogen-bond donors (Lipinski definition) is 3. The first kappa shape index (κ1) is 16.1. The van der Waals surface area contributed by atoms with E-state index in [2.05, 4.69) is 10.1 Å². The Morgan fingerprint density at radius 2 is 1.90 bits per heavy atom. The number of fused-ring (bicyclic) bond motifs is 1. The summed E-state index contributed by atoms with van der Waals surface area (Å²) in [5.41, 5.74) is 1.66. The lowest BCUT2D eigenvalue weighted by atomic mass is 10.1. The Bertz CT molecular complexity index is 485. The molecule has 1 aliphatic rings. The molecule has 0 saturated heterocycles. The van der Waals surface area contributed by atoms with E-state index >= 15 is 0 Å². The Kier molecular flexibility index (Phi) is 5.63. The number of carboxylic acid groups (broad SMARTS) is 1. The third-order valence-electron chi connectivity index (χ3n) is 2.68. The summed E-state index contributed by atoms with van der Waals surface area (Å²) in [5, 5.41) is 18.4. The van der Waals surface area contributed by atoms with Crippen LogP contribution in [0.2, 0.25) is 0 Å². The molecule has 1 aromatic rings. The minimum absolute atomic E-state index is 0.208. The molecular formula is C13H18N2O5. The second-order valence-electron chi connectivity index (χ2n) is 3.90. The second-order valence-corrected chi connectivity index (χ2v) is 3.90. The summed E-state index contributed by atoms with van der Waals surface area (Å²) >= 11 is 0. The van der Waals surface area contributed by atoms with E-state index in [0.29, 0.717) is 5.84 Å². The molecule has 0 saturated carbocycles. The van der Waals surface area contributed by atoms with Gasteiger partial charge >= 0.3 is 5.97 Å². The van der Waals surface area contributed by atoms with Gasteiger partial charge in [-0.1, -0.05) is 24.3 Å². The molecule has 20 heavy (non-hydrogen) atoms. The first-order chi connectivity index (χ1) is 9.50. The summed E-state index contributed by atoms with van der Waals surface area (Å²) in [7, 11) is 4.44. The third-order valence-corrected chi connectivity index (χ3v) is 2.68. The standard InChI is InChI=1S/C10H12N2O2.C3H6O3/c1-13-10(14-2)8-6-4-3-5-7(8)9(11)12-10;1-6-2-3(4)5/h3-6H,1-2H3,(H2,11,12);2H2,1H3,(H,4,5). The summed E-state index contributed by atoms with van der Waals surface area (Å²) in [4.78, 5) is 9.47. The van der Waals surface area contributed by atoms with Crippen LogP contribution in [0.5, 0.6) is 0 Å². The van der Waals surface area contributed by atoms with Crippen LogP contribution in [0.25, 0.3) is 0 Å². The summed E-state index contributed by atoms with van der Waals surface area (Å²) < 4.78 is 14.7. The van der Waals surface area contributed by atoms with Gasteiger partial charge in [0.1, 0.15) is 12.4 Å². The van der Waals surface area contributed by atoms with Crippen LogP contribution in [-0.4, -0.2) is 44.8 Å². The van der Waals surface area contributed by atoms with Crippen molar-refractivity contribution in [1.82, 2.24) is 5.32 Å². The molecule has 0 aromatic heterocycles. The molecule has 0 unspecified atom stereocenters. The van der Waals surface area contributed by atoms with Crippen molar-refractivity contribution in [2.45, 2.75) is 5.91 Å². The molecule has 1 aliphatic heterocycles. The van der Waals surface area contributed by atoms with E-state index in [1.807, 2.05) is 24.3 Å². The van der Waals surface area contributed by atoms with Crippen molar-refractivity contribution in [2.75, 3.05) is 27.9 Å². The highest BCUT2D eigenvalue weighted by atomic mass is 16.7. The molecule has 0 fully saturated rings. The fraction of sp³-hybridized carbons (Fsp3) is 0.385. The Hall–Kier alpha value is -1.96. The number of carboxylic acids is 1. The van der Waals surface area contributed by atoms with Crippen molar-refractivity contribution in [3.8, 4) is 0 Å². The first-order valence-electron chi connectivity index (χ1n) is 5.78. The first-order valence-corrected chi connectivity index (χ1v) is 5.78. The number of methoxy groups -OCH3 is 3. The molecule has 1 heterocycles. The van der Waals surface area contributed by atoms with Gasteiger partial charge < -0.3 is 24.6 Å². The molecule has 2 rings (SSSR count). The van der Waals surface area contributed by atoms with Gasteiger partial charge in [-0.15, -0.1) is 0 Å². The van der Waals surface area contributed by atoms with Crippen LogP contribution in [0.4, 0.5) is 0 Å². The number of benzene rings is 1. The predicted molar refractivity (Wildman–Crippen MR) is 71.6 cm³/mol. The van der Waals surface area contributed by atoms with Gasteiger partial charge in [-0.3, -0.25) is 5.41 Å². The quantitative estimate of drug-likeness (QED) is 0.704. The highest BCUT2D eigenvalue weighted by Crippen LogP contribution is 2.31. The zero-order valence-corrected chi connectivity index (χ0v) is 11.6. The van der Waals surface area contributed by atoms with E-state index in [4.69, 9.17) is 20.0 Å². The number of ether oxygens (including phenoxy) is 3. The van der Waals surface area contributed by atoms with E-state index in [1.54, 1.807) is 14.2 Å². The van der Waals surface area contributed by atoms with Crippen LogP contribution >= 0.6 is 0 Å². The Morgan fingerprint density at radius 1 is 1.30 bits per heavy atom. The molecule has 7 nitrogen and oxygen atoms in total. The molecule has 0 spiro atoms. The maximum absolute atomic E-state index is 9.47. The van der Waals surface area contributed by atoms with Gasteiger partial charge in [0, 0.05) is 32.5 Å². The summed E-state index contributed by atoms with van der Waals surface area (Å²) in [5.74, 6) is -1.60. The van der Waals surface area contributed by atoms with E-state index in [-0.39, 0.29) is 6.61 Å². The molecule has 0 bridgehead atoms. The van der Waals surface area contributed by atoms with Crippen molar-refractivity contribution in [1.29, 1.82) is 5.41 Å². The molecule has 110 valence electrons. The fourth-order valence-corrected chi connectivity index (χ4v) is 1.82. The van der Waals surface area contributed by atoms with Gasteiger partial charge in [0.15, 0.2) is 0 Å². The van der Waals surface area contributed by atoms with Gasteiger partial charge in [0.05, 0.1) is 0 Å². The van der Waals surface area contributed by atoms with Gasteiger partial charge in [0.25, 0.3) is 5.91 Å². The third kappa shape index (κ3) is 3.32. The van der Waals surface area contributed by atoms with Crippen LogP contribution in [0.15, 0.2) is 24.3 Å². The maximum atomic E-state index is 9.47. The lowest BCUT2D eigenvalue weighted by Crippen LogP contribution is -2.42. The highest BCUT2D eigenvalue weighted by molar-refractivity contribution is 6.01. The maximum Gasteiger partial charge on any atom is 0.329 e. The van der Waals surface area contributed by atoms with Gasteiger partial charge in [-0.25, -0.2) is 4.79 Å². The highest BCUT2D eigenvalue weighted by Gasteiger charge is 2.41. The summed E-state index contributed by atoms with van der Waals surface area (Å²) in [6.07, 6.45) is 0. The summed E-state index contributed by atoms with van der Waals surface area (Å²) in [6.45, 7) is -0.208. The number of carbonyl (C=O) groups is 1. The van der Waals surface area contributed by atoms with E-state index in [0.717, 1.165) is 11.1 Å². The van der Waals surface area contributed by atoms with Crippen molar-refractivity contribution in [2.24, 2.45) is 0 Å². The molecule has 3 N–H and O–H groups in total. The molecule has 0 atom stereocenters. The van der Waals surface area contributed by atoms with Crippen molar-refractivity contribution in [3.05, 3.63) is 35.4 Å². The van der Waals surface area contributed by atoms with Crippen LogP contribution < -0.4 is 5.32 Å². The lowest BCUT2D eigenvalue weighted by molar-refractivity contribution is -0.223. The number of hydrogen-bond acceptors (Lipinski definition) is 5. The smallest absolute Gasteiger partial charge is 0.329 e. The molecule has 1 aromatic carbocycles. The average molecular weight is 282 g/mol. The van der Waals surface area contributed by atoms with Crippen molar-refractivity contribution < 1.29 is 24.1 Å². The van der Waals surface area contributed by atoms with Crippen LogP contribution in [0, 0.1) is 5.41 Å². The number of nitrogens with one attached hydrogen (secondary N) is 2. The van der Waals surface area contributed by atoms with Gasteiger partial charge in [-0.2, -0.15) is 0 Å². The van der Waals surface area contributed by atoms with Crippen LogP contribution in [-0.2, 0) is 24.9 Å². The zero-order chi connectivity index (χ0) is 15.2. The van der Waals surface area contributed by atoms with Gasteiger partial charge in [-0.05, 0) is 0 Å². The minimum atomic E-state index is -0.992. The van der Waals surface area contributed by atoms with Gasteiger partial charge in [0.2, 0.25) is 0 Å². The minimum Gasteiger partial charge on any atom is -0.480 e. The number of rotatable bonds is 4. The average Bonchev–Trinajstić information content (AvgIpc) is 2.73. The molecule has 0 amide bonds. The fourth-order valence-electron chi connectivity index (χ4n) is 1.82. The number of aliphatic carboxylic acids is 1. The molecule has 0 aliphatic carbocycles. The van der Waals surface area contributed by atoms with E-state index in [1.165, 1.54) is 7.11 Å².